The first kappa shape index (κ1) is 18.6. The fourth-order valence-electron chi connectivity index (χ4n) is 4.56. The lowest BCUT2D eigenvalue weighted by Gasteiger charge is -2.39. The molecule has 2 heteroatoms. The van der Waals surface area contributed by atoms with Crippen LogP contribution in [0.4, 0.5) is 0 Å². The van der Waals surface area contributed by atoms with Gasteiger partial charge < -0.3 is 11.5 Å². The number of fused-ring (bicyclic) bond motifs is 1. The zero-order chi connectivity index (χ0) is 20.6. The van der Waals surface area contributed by atoms with Crippen LogP contribution >= 0.6 is 0 Å². The lowest BCUT2D eigenvalue weighted by molar-refractivity contribution is 0.505. The second-order valence-electron chi connectivity index (χ2n) is 7.89. The Kier molecular flexibility index (Phi) is 4.59. The molecule has 1 aliphatic carbocycles. The molecule has 0 aromatic heterocycles. The molecular formula is C28H24N2. The second-order valence-corrected chi connectivity index (χ2v) is 7.89. The molecule has 0 saturated carbocycles. The Morgan fingerprint density at radius 1 is 0.600 bits per heavy atom. The first-order valence-electron chi connectivity index (χ1n) is 10.2. The number of nitrogens with two attached hydrogens (primary N) is 2. The lowest BCUT2D eigenvalue weighted by atomic mass is 9.71. The van der Waals surface area contributed by atoms with Gasteiger partial charge in [0.25, 0.3) is 0 Å². The van der Waals surface area contributed by atoms with Crippen LogP contribution in [0.25, 0.3) is 21.9 Å². The predicted molar refractivity (Wildman–Crippen MR) is 127 cm³/mol. The largest absolute Gasteiger partial charge is 0.309 e. The molecule has 1 aliphatic rings. The van der Waals surface area contributed by atoms with Crippen LogP contribution in [0.1, 0.15) is 22.6 Å². The first-order valence-corrected chi connectivity index (χ1v) is 10.2. The van der Waals surface area contributed by atoms with Crippen molar-refractivity contribution >= 4 is 21.9 Å². The van der Waals surface area contributed by atoms with Crippen LogP contribution in [0.2, 0.25) is 0 Å². The van der Waals surface area contributed by atoms with E-state index in [4.69, 9.17) is 11.5 Å². The normalized spacial score (nSPS) is 18.0. The highest BCUT2D eigenvalue weighted by Crippen LogP contribution is 2.47. The summed E-state index contributed by atoms with van der Waals surface area (Å²) in [4.78, 5) is 0. The van der Waals surface area contributed by atoms with E-state index in [1.54, 1.807) is 0 Å². The van der Waals surface area contributed by atoms with Crippen molar-refractivity contribution in [2.24, 2.45) is 11.5 Å². The minimum Gasteiger partial charge on any atom is -0.309 e. The van der Waals surface area contributed by atoms with Crippen LogP contribution in [-0.2, 0) is 0 Å². The van der Waals surface area contributed by atoms with Crippen LogP contribution in [0.5, 0.6) is 0 Å². The topological polar surface area (TPSA) is 52.0 Å². The predicted octanol–water partition coefficient (Wildman–Crippen LogP) is 5.72. The van der Waals surface area contributed by atoms with Gasteiger partial charge in [0.05, 0.1) is 5.66 Å². The van der Waals surface area contributed by atoms with E-state index in [0.29, 0.717) is 0 Å². The lowest BCUT2D eigenvalue weighted by Crippen LogP contribution is -2.54. The van der Waals surface area contributed by atoms with E-state index in [-0.39, 0.29) is 5.92 Å². The average molecular weight is 389 g/mol. The number of hydrogen-bond acceptors (Lipinski definition) is 2. The molecule has 0 amide bonds. The van der Waals surface area contributed by atoms with Gasteiger partial charge in [-0.2, -0.15) is 0 Å². The van der Waals surface area contributed by atoms with Crippen molar-refractivity contribution in [2.75, 3.05) is 0 Å². The molecule has 0 bridgehead atoms. The Hall–Kier alpha value is -3.46. The third-order valence-corrected chi connectivity index (χ3v) is 5.92. The Morgan fingerprint density at radius 3 is 1.93 bits per heavy atom. The van der Waals surface area contributed by atoms with Gasteiger partial charge in [-0.25, -0.2) is 0 Å². The van der Waals surface area contributed by atoms with Crippen molar-refractivity contribution in [3.05, 3.63) is 132 Å². The Morgan fingerprint density at radius 2 is 1.20 bits per heavy atom. The standard InChI is InChI=1S/C28H24N2/c29-28(30)19-18-24(21-10-3-1-4-11-21)26(22-13-5-2-6-14-22)27(28)25-17-9-15-20-12-7-8-16-23(20)25/h1-19,27H,29-30H2. The molecule has 4 N–H and O–H groups in total. The fourth-order valence-corrected chi connectivity index (χ4v) is 4.56. The minimum absolute atomic E-state index is 0.189. The highest BCUT2D eigenvalue weighted by Gasteiger charge is 2.38. The number of allylic oxidation sites excluding steroid dienone is 2. The summed E-state index contributed by atoms with van der Waals surface area (Å²) in [5, 5.41) is 2.37. The molecule has 0 heterocycles. The summed E-state index contributed by atoms with van der Waals surface area (Å²) in [7, 11) is 0. The zero-order valence-electron chi connectivity index (χ0n) is 16.7. The molecular weight excluding hydrogens is 364 g/mol. The monoisotopic (exact) mass is 388 g/mol. The molecule has 4 aromatic rings. The Labute approximate surface area is 177 Å². The fraction of sp³-hybridized carbons (Fsp3) is 0.0714. The summed E-state index contributed by atoms with van der Waals surface area (Å²) in [6, 6.07) is 35.7. The van der Waals surface area contributed by atoms with Crippen LogP contribution in [-0.4, -0.2) is 5.66 Å². The van der Waals surface area contributed by atoms with Crippen LogP contribution in [0.3, 0.4) is 0 Å². The van der Waals surface area contributed by atoms with Crippen molar-refractivity contribution < 1.29 is 0 Å². The van der Waals surface area contributed by atoms with Gasteiger partial charge in [0.1, 0.15) is 0 Å². The van der Waals surface area contributed by atoms with Crippen LogP contribution in [0.15, 0.2) is 115 Å². The molecule has 0 aliphatic heterocycles. The van der Waals surface area contributed by atoms with E-state index in [0.717, 1.165) is 27.8 Å². The Balaban J connectivity index is 1.85. The van der Waals surface area contributed by atoms with Crippen molar-refractivity contribution in [3.63, 3.8) is 0 Å². The van der Waals surface area contributed by atoms with Crippen molar-refractivity contribution in [1.82, 2.24) is 0 Å². The van der Waals surface area contributed by atoms with Gasteiger partial charge in [-0.05, 0) is 44.7 Å². The molecule has 30 heavy (non-hydrogen) atoms. The van der Waals surface area contributed by atoms with Crippen LogP contribution in [0, 0.1) is 0 Å². The maximum Gasteiger partial charge on any atom is 0.0944 e. The molecule has 0 fully saturated rings. The molecule has 1 unspecified atom stereocenters. The SMILES string of the molecule is NC1(N)C=CC(c2ccccc2)=C(c2ccccc2)C1c1cccc2ccccc12. The highest BCUT2D eigenvalue weighted by molar-refractivity contribution is 6.02. The van der Waals surface area contributed by atoms with Gasteiger partial charge in [-0.3, -0.25) is 0 Å². The molecule has 2 nitrogen and oxygen atoms in total. The van der Waals surface area contributed by atoms with E-state index >= 15 is 0 Å². The third-order valence-electron chi connectivity index (χ3n) is 5.92. The quantitative estimate of drug-likeness (QED) is 0.441. The van der Waals surface area contributed by atoms with Crippen molar-refractivity contribution in [3.8, 4) is 0 Å². The summed E-state index contributed by atoms with van der Waals surface area (Å²) in [5.41, 5.74) is 18.3. The number of rotatable bonds is 3. The molecule has 1 atom stereocenters. The number of hydrogen-bond donors (Lipinski definition) is 2. The molecule has 0 saturated heterocycles. The van der Waals surface area contributed by atoms with E-state index < -0.39 is 5.66 Å². The maximum atomic E-state index is 6.77. The highest BCUT2D eigenvalue weighted by atomic mass is 15.0. The van der Waals surface area contributed by atoms with Gasteiger partial charge in [-0.15, -0.1) is 0 Å². The van der Waals surface area contributed by atoms with Gasteiger partial charge in [-0.1, -0.05) is 109 Å². The summed E-state index contributed by atoms with van der Waals surface area (Å²) < 4.78 is 0. The zero-order valence-corrected chi connectivity index (χ0v) is 16.7. The minimum atomic E-state index is -1.01. The first-order chi connectivity index (χ1) is 14.6. The summed E-state index contributed by atoms with van der Waals surface area (Å²) in [6.07, 6.45) is 4.04. The Bertz CT molecular complexity index is 1250. The van der Waals surface area contributed by atoms with E-state index in [1.165, 1.54) is 10.8 Å². The van der Waals surface area contributed by atoms with E-state index in [1.807, 2.05) is 18.2 Å². The van der Waals surface area contributed by atoms with Gasteiger partial charge in [0.2, 0.25) is 0 Å². The van der Waals surface area contributed by atoms with Crippen molar-refractivity contribution in [1.29, 1.82) is 0 Å². The van der Waals surface area contributed by atoms with Gasteiger partial charge >= 0.3 is 0 Å². The molecule has 146 valence electrons. The third kappa shape index (κ3) is 3.17. The van der Waals surface area contributed by atoms with Crippen LogP contribution < -0.4 is 11.5 Å². The molecule has 0 spiro atoms. The van der Waals surface area contributed by atoms with Gasteiger partial charge in [0.15, 0.2) is 0 Å². The van der Waals surface area contributed by atoms with E-state index in [2.05, 4.69) is 97.1 Å². The van der Waals surface area contributed by atoms with E-state index in [9.17, 15) is 0 Å². The van der Waals surface area contributed by atoms with Gasteiger partial charge in [0, 0.05) is 5.92 Å². The summed E-state index contributed by atoms with van der Waals surface area (Å²) in [6.45, 7) is 0. The molecule has 5 rings (SSSR count). The van der Waals surface area contributed by atoms with Crippen molar-refractivity contribution in [2.45, 2.75) is 11.6 Å². The smallest absolute Gasteiger partial charge is 0.0944 e. The second kappa shape index (κ2) is 7.42. The summed E-state index contributed by atoms with van der Waals surface area (Å²) >= 11 is 0. The average Bonchev–Trinajstić information content (AvgIpc) is 2.79. The maximum absolute atomic E-state index is 6.77. The number of benzene rings is 4. The molecule has 4 aromatic carbocycles. The summed E-state index contributed by atoms with van der Waals surface area (Å²) in [5.74, 6) is -0.189. The molecule has 0 radical (unpaired) electrons.